The number of aromatic nitrogens is 2. The largest absolute Gasteiger partial charge is 0.346 e. The second kappa shape index (κ2) is 5.54. The van der Waals surface area contributed by atoms with Crippen LogP contribution in [0.25, 0.3) is 0 Å². The van der Waals surface area contributed by atoms with Gasteiger partial charge in [0, 0.05) is 22.4 Å². The normalized spacial score (nSPS) is 9.94. The molecule has 0 spiro atoms. The van der Waals surface area contributed by atoms with Crippen LogP contribution in [0.4, 0.5) is 0 Å². The molecule has 0 atom stereocenters. The molecule has 5 heteroatoms. The first-order chi connectivity index (χ1) is 8.25. The number of halogens is 1. The summed E-state index contributed by atoms with van der Waals surface area (Å²) in [5.41, 5.74) is 1.36. The van der Waals surface area contributed by atoms with Gasteiger partial charge in [-0.3, -0.25) is 14.8 Å². The molecule has 0 saturated carbocycles. The van der Waals surface area contributed by atoms with Gasteiger partial charge in [0.2, 0.25) is 0 Å². The standard InChI is InChI=1S/C12H10BrN3O/c13-10-3-1-9(2-4-10)12(17)16-8-11-7-14-5-6-15-11/h1-7H,8H2,(H,16,17). The van der Waals surface area contributed by atoms with Gasteiger partial charge < -0.3 is 5.32 Å². The van der Waals surface area contributed by atoms with Crippen molar-refractivity contribution in [3.05, 3.63) is 58.6 Å². The highest BCUT2D eigenvalue weighted by Crippen LogP contribution is 2.10. The molecule has 0 bridgehead atoms. The molecule has 0 fully saturated rings. The fraction of sp³-hybridized carbons (Fsp3) is 0.0833. The van der Waals surface area contributed by atoms with Crippen LogP contribution in [-0.4, -0.2) is 15.9 Å². The van der Waals surface area contributed by atoms with Crippen molar-refractivity contribution in [1.82, 2.24) is 15.3 Å². The van der Waals surface area contributed by atoms with E-state index in [-0.39, 0.29) is 5.91 Å². The third kappa shape index (κ3) is 3.35. The van der Waals surface area contributed by atoms with Crippen molar-refractivity contribution >= 4 is 21.8 Å². The van der Waals surface area contributed by atoms with E-state index in [4.69, 9.17) is 0 Å². The van der Waals surface area contributed by atoms with E-state index in [2.05, 4.69) is 31.2 Å². The predicted octanol–water partition coefficient (Wildman–Crippen LogP) is 2.17. The molecule has 1 N–H and O–H groups in total. The highest BCUT2D eigenvalue weighted by molar-refractivity contribution is 9.10. The van der Waals surface area contributed by atoms with Crippen LogP contribution in [0.3, 0.4) is 0 Å². The maximum atomic E-state index is 11.8. The summed E-state index contributed by atoms with van der Waals surface area (Å²) in [5.74, 6) is -0.122. The quantitative estimate of drug-likeness (QED) is 0.943. The van der Waals surface area contributed by atoms with E-state index in [0.717, 1.165) is 10.2 Å². The third-order valence-electron chi connectivity index (χ3n) is 2.15. The Morgan fingerprint density at radius 3 is 2.65 bits per heavy atom. The Morgan fingerprint density at radius 1 is 1.24 bits per heavy atom. The van der Waals surface area contributed by atoms with Gasteiger partial charge in [0.15, 0.2) is 0 Å². The second-order valence-electron chi connectivity index (χ2n) is 3.39. The number of carbonyl (C=O) groups is 1. The first kappa shape index (κ1) is 11.7. The lowest BCUT2D eigenvalue weighted by atomic mass is 10.2. The minimum Gasteiger partial charge on any atom is -0.346 e. The summed E-state index contributed by atoms with van der Waals surface area (Å²) in [6, 6.07) is 7.18. The SMILES string of the molecule is O=C(NCc1cnccn1)c1ccc(Br)cc1. The molecule has 0 unspecified atom stereocenters. The Hall–Kier alpha value is -1.75. The Kier molecular flexibility index (Phi) is 3.82. The highest BCUT2D eigenvalue weighted by Gasteiger charge is 2.04. The fourth-order valence-corrected chi connectivity index (χ4v) is 1.56. The molecule has 0 aliphatic heterocycles. The van der Waals surface area contributed by atoms with Crippen LogP contribution in [0.15, 0.2) is 47.3 Å². The van der Waals surface area contributed by atoms with E-state index < -0.39 is 0 Å². The molecular formula is C12H10BrN3O. The predicted molar refractivity (Wildman–Crippen MR) is 67.3 cm³/mol. The molecule has 1 aromatic heterocycles. The van der Waals surface area contributed by atoms with E-state index in [1.54, 1.807) is 30.7 Å². The van der Waals surface area contributed by atoms with Gasteiger partial charge in [0.25, 0.3) is 5.91 Å². The molecule has 0 saturated heterocycles. The van der Waals surface area contributed by atoms with Crippen LogP contribution in [0.5, 0.6) is 0 Å². The minimum absolute atomic E-state index is 0.122. The number of nitrogens with zero attached hydrogens (tertiary/aromatic N) is 2. The molecule has 17 heavy (non-hydrogen) atoms. The molecule has 1 amide bonds. The topological polar surface area (TPSA) is 54.9 Å². The summed E-state index contributed by atoms with van der Waals surface area (Å²) in [4.78, 5) is 19.8. The first-order valence-corrected chi connectivity index (χ1v) is 5.83. The zero-order valence-electron chi connectivity index (χ0n) is 8.93. The fourth-order valence-electron chi connectivity index (χ4n) is 1.30. The molecule has 1 heterocycles. The third-order valence-corrected chi connectivity index (χ3v) is 2.68. The molecule has 0 aliphatic rings. The number of rotatable bonds is 3. The van der Waals surface area contributed by atoms with Gasteiger partial charge in [-0.25, -0.2) is 0 Å². The lowest BCUT2D eigenvalue weighted by Crippen LogP contribution is -2.23. The van der Waals surface area contributed by atoms with Crippen LogP contribution in [0.2, 0.25) is 0 Å². The summed E-state index contributed by atoms with van der Waals surface area (Å²) >= 11 is 3.32. The maximum absolute atomic E-state index is 11.8. The number of hydrogen-bond acceptors (Lipinski definition) is 3. The van der Waals surface area contributed by atoms with Crippen molar-refractivity contribution in [2.75, 3.05) is 0 Å². The minimum atomic E-state index is -0.122. The summed E-state index contributed by atoms with van der Waals surface area (Å²) in [6.45, 7) is 0.378. The molecule has 2 aromatic rings. The molecule has 86 valence electrons. The smallest absolute Gasteiger partial charge is 0.251 e. The average molecular weight is 292 g/mol. The summed E-state index contributed by atoms with van der Waals surface area (Å²) in [5, 5.41) is 2.78. The van der Waals surface area contributed by atoms with E-state index in [1.165, 1.54) is 0 Å². The van der Waals surface area contributed by atoms with Crippen LogP contribution >= 0.6 is 15.9 Å². The number of amides is 1. The number of hydrogen-bond donors (Lipinski definition) is 1. The average Bonchev–Trinajstić information content (AvgIpc) is 2.38. The van der Waals surface area contributed by atoms with Gasteiger partial charge in [-0.05, 0) is 24.3 Å². The monoisotopic (exact) mass is 291 g/mol. The van der Waals surface area contributed by atoms with Gasteiger partial charge in [0.05, 0.1) is 18.4 Å². The van der Waals surface area contributed by atoms with E-state index in [0.29, 0.717) is 12.1 Å². The van der Waals surface area contributed by atoms with Crippen molar-refractivity contribution in [1.29, 1.82) is 0 Å². The molecule has 1 aromatic carbocycles. The van der Waals surface area contributed by atoms with Crippen LogP contribution in [0.1, 0.15) is 16.1 Å². The number of benzene rings is 1. The lowest BCUT2D eigenvalue weighted by molar-refractivity contribution is 0.0950. The van der Waals surface area contributed by atoms with Crippen LogP contribution in [-0.2, 0) is 6.54 Å². The molecule has 0 radical (unpaired) electrons. The van der Waals surface area contributed by atoms with Gasteiger partial charge in [-0.1, -0.05) is 15.9 Å². The van der Waals surface area contributed by atoms with Gasteiger partial charge in [-0.15, -0.1) is 0 Å². The molecule has 0 aliphatic carbocycles. The Labute approximate surface area is 107 Å². The Morgan fingerprint density at radius 2 is 2.00 bits per heavy atom. The maximum Gasteiger partial charge on any atom is 0.251 e. The number of carbonyl (C=O) groups excluding carboxylic acids is 1. The zero-order valence-corrected chi connectivity index (χ0v) is 10.5. The van der Waals surface area contributed by atoms with E-state index >= 15 is 0 Å². The van der Waals surface area contributed by atoms with Crippen molar-refractivity contribution in [3.8, 4) is 0 Å². The lowest BCUT2D eigenvalue weighted by Gasteiger charge is -2.04. The highest BCUT2D eigenvalue weighted by atomic mass is 79.9. The van der Waals surface area contributed by atoms with Crippen molar-refractivity contribution < 1.29 is 4.79 Å². The van der Waals surface area contributed by atoms with Gasteiger partial charge in [0.1, 0.15) is 0 Å². The first-order valence-electron chi connectivity index (χ1n) is 5.04. The van der Waals surface area contributed by atoms with Gasteiger partial charge >= 0.3 is 0 Å². The van der Waals surface area contributed by atoms with Crippen molar-refractivity contribution in [3.63, 3.8) is 0 Å². The van der Waals surface area contributed by atoms with Crippen molar-refractivity contribution in [2.45, 2.75) is 6.54 Å². The summed E-state index contributed by atoms with van der Waals surface area (Å²) < 4.78 is 0.947. The number of nitrogens with one attached hydrogen (secondary N) is 1. The summed E-state index contributed by atoms with van der Waals surface area (Å²) in [7, 11) is 0. The Bertz CT molecular complexity index is 499. The molecule has 2 rings (SSSR count). The van der Waals surface area contributed by atoms with Crippen LogP contribution < -0.4 is 5.32 Å². The second-order valence-corrected chi connectivity index (χ2v) is 4.30. The van der Waals surface area contributed by atoms with Gasteiger partial charge in [-0.2, -0.15) is 0 Å². The summed E-state index contributed by atoms with van der Waals surface area (Å²) in [6.07, 6.45) is 4.82. The van der Waals surface area contributed by atoms with E-state index in [1.807, 2.05) is 12.1 Å². The van der Waals surface area contributed by atoms with Crippen LogP contribution in [0, 0.1) is 0 Å². The van der Waals surface area contributed by atoms with Crippen molar-refractivity contribution in [2.24, 2.45) is 0 Å². The van der Waals surface area contributed by atoms with E-state index in [9.17, 15) is 4.79 Å². The molecule has 4 nitrogen and oxygen atoms in total. The zero-order chi connectivity index (χ0) is 12.1. The molecular weight excluding hydrogens is 282 g/mol. The Balaban J connectivity index is 1.96.